The standard InChI is InChI=1S/C18H21N3O/c22-14-12-20-18-19-11-13-21(18)17(15-7-3-1-4-8-15)16-9-5-2-6-10-16/h1-10,17,22H,11-14H2,(H,19,20). The van der Waals surface area contributed by atoms with Crippen LogP contribution in [0.1, 0.15) is 17.2 Å². The molecule has 114 valence electrons. The van der Waals surface area contributed by atoms with E-state index >= 15 is 0 Å². The molecule has 22 heavy (non-hydrogen) atoms. The Balaban J connectivity index is 1.94. The van der Waals surface area contributed by atoms with Crippen molar-refractivity contribution in [3.63, 3.8) is 0 Å². The van der Waals surface area contributed by atoms with Gasteiger partial charge in [-0.05, 0) is 11.1 Å². The van der Waals surface area contributed by atoms with E-state index in [0.717, 1.165) is 19.0 Å². The van der Waals surface area contributed by atoms with Gasteiger partial charge >= 0.3 is 0 Å². The fraction of sp³-hybridized carbons (Fsp3) is 0.278. The van der Waals surface area contributed by atoms with Gasteiger partial charge in [-0.3, -0.25) is 4.99 Å². The molecule has 0 aromatic heterocycles. The van der Waals surface area contributed by atoms with E-state index in [9.17, 15) is 0 Å². The van der Waals surface area contributed by atoms with E-state index in [-0.39, 0.29) is 12.6 Å². The van der Waals surface area contributed by atoms with Gasteiger partial charge in [-0.15, -0.1) is 0 Å². The van der Waals surface area contributed by atoms with Crippen LogP contribution in [0.4, 0.5) is 0 Å². The van der Waals surface area contributed by atoms with Crippen molar-refractivity contribution in [2.45, 2.75) is 6.04 Å². The predicted octanol–water partition coefficient (Wildman–Crippen LogP) is 2.03. The van der Waals surface area contributed by atoms with Crippen LogP contribution in [-0.2, 0) is 0 Å². The van der Waals surface area contributed by atoms with Gasteiger partial charge in [0.05, 0.1) is 19.2 Å². The van der Waals surface area contributed by atoms with Crippen LogP contribution in [0.3, 0.4) is 0 Å². The van der Waals surface area contributed by atoms with Crippen molar-refractivity contribution in [2.24, 2.45) is 4.99 Å². The van der Waals surface area contributed by atoms with Crippen molar-refractivity contribution in [1.29, 1.82) is 0 Å². The smallest absolute Gasteiger partial charge is 0.194 e. The second-order valence-electron chi connectivity index (χ2n) is 5.27. The van der Waals surface area contributed by atoms with E-state index in [1.54, 1.807) is 0 Å². The van der Waals surface area contributed by atoms with Crippen molar-refractivity contribution in [1.82, 2.24) is 10.2 Å². The van der Waals surface area contributed by atoms with Gasteiger partial charge in [-0.1, -0.05) is 60.7 Å². The first kappa shape index (κ1) is 14.6. The molecule has 1 aliphatic heterocycles. The largest absolute Gasteiger partial charge is 0.395 e. The molecular weight excluding hydrogens is 274 g/mol. The zero-order valence-electron chi connectivity index (χ0n) is 12.5. The number of rotatable bonds is 5. The summed E-state index contributed by atoms with van der Waals surface area (Å²) < 4.78 is 0. The van der Waals surface area contributed by atoms with Gasteiger partial charge in [-0.2, -0.15) is 0 Å². The molecule has 0 bridgehead atoms. The van der Waals surface area contributed by atoms with E-state index in [1.165, 1.54) is 11.1 Å². The van der Waals surface area contributed by atoms with Crippen LogP contribution in [0.25, 0.3) is 0 Å². The van der Waals surface area contributed by atoms with Crippen LogP contribution in [-0.4, -0.2) is 42.2 Å². The van der Waals surface area contributed by atoms with E-state index in [4.69, 9.17) is 5.11 Å². The van der Waals surface area contributed by atoms with Crippen molar-refractivity contribution in [3.05, 3.63) is 71.8 Å². The molecule has 3 rings (SSSR count). The van der Waals surface area contributed by atoms with Gasteiger partial charge < -0.3 is 15.3 Å². The minimum atomic E-state index is 0.105. The first-order valence-corrected chi connectivity index (χ1v) is 7.66. The topological polar surface area (TPSA) is 47.9 Å². The molecule has 0 saturated carbocycles. The van der Waals surface area contributed by atoms with Crippen LogP contribution < -0.4 is 5.32 Å². The lowest BCUT2D eigenvalue weighted by Crippen LogP contribution is -2.42. The first-order valence-electron chi connectivity index (χ1n) is 7.66. The Kier molecular flexibility index (Phi) is 4.71. The summed E-state index contributed by atoms with van der Waals surface area (Å²) in [5.41, 5.74) is 2.49. The second-order valence-corrected chi connectivity index (χ2v) is 5.27. The quantitative estimate of drug-likeness (QED) is 0.887. The van der Waals surface area contributed by atoms with E-state index in [2.05, 4.69) is 63.7 Å². The van der Waals surface area contributed by atoms with E-state index in [0.29, 0.717) is 6.54 Å². The zero-order chi connectivity index (χ0) is 15.2. The van der Waals surface area contributed by atoms with Crippen molar-refractivity contribution in [3.8, 4) is 0 Å². The van der Waals surface area contributed by atoms with E-state index < -0.39 is 0 Å². The van der Waals surface area contributed by atoms with Gasteiger partial charge in [0.1, 0.15) is 0 Å². The molecule has 1 heterocycles. The Hall–Kier alpha value is -2.33. The Labute approximate surface area is 131 Å². The third-order valence-electron chi connectivity index (χ3n) is 3.81. The number of aliphatic hydroxyl groups excluding tert-OH is 1. The van der Waals surface area contributed by atoms with Crippen LogP contribution in [0.15, 0.2) is 65.7 Å². The second kappa shape index (κ2) is 7.09. The minimum Gasteiger partial charge on any atom is -0.395 e. The summed E-state index contributed by atoms with van der Waals surface area (Å²) in [6.45, 7) is 2.28. The van der Waals surface area contributed by atoms with Gasteiger partial charge in [-0.25, -0.2) is 0 Å². The molecule has 0 fully saturated rings. The molecule has 0 spiro atoms. The molecule has 0 atom stereocenters. The predicted molar refractivity (Wildman–Crippen MR) is 88.8 cm³/mol. The number of nitrogens with one attached hydrogen (secondary N) is 1. The maximum atomic E-state index is 9.05. The summed E-state index contributed by atoms with van der Waals surface area (Å²) in [4.78, 5) is 6.83. The normalized spacial score (nSPS) is 14.3. The molecular formula is C18H21N3O. The highest BCUT2D eigenvalue weighted by atomic mass is 16.3. The molecule has 0 aliphatic carbocycles. The summed E-state index contributed by atoms with van der Waals surface area (Å²) in [5.74, 6) is 0.867. The Morgan fingerprint density at radius 1 is 1.00 bits per heavy atom. The highest BCUT2D eigenvalue weighted by Gasteiger charge is 2.27. The van der Waals surface area contributed by atoms with Crippen molar-refractivity contribution < 1.29 is 5.11 Å². The number of nitrogens with zero attached hydrogens (tertiary/aromatic N) is 2. The fourth-order valence-electron chi connectivity index (χ4n) is 2.86. The molecule has 0 unspecified atom stereocenters. The van der Waals surface area contributed by atoms with E-state index in [1.807, 2.05) is 12.1 Å². The zero-order valence-corrected chi connectivity index (χ0v) is 12.5. The number of hydrogen-bond acceptors (Lipinski definition) is 4. The highest BCUT2D eigenvalue weighted by molar-refractivity contribution is 5.82. The Bertz CT molecular complexity index is 573. The average Bonchev–Trinajstić information content (AvgIpc) is 3.03. The molecule has 2 aromatic carbocycles. The lowest BCUT2D eigenvalue weighted by Gasteiger charge is -2.31. The summed E-state index contributed by atoms with van der Waals surface area (Å²) >= 11 is 0. The number of guanidine groups is 1. The highest BCUT2D eigenvalue weighted by Crippen LogP contribution is 2.29. The minimum absolute atomic E-state index is 0.105. The Morgan fingerprint density at radius 3 is 2.14 bits per heavy atom. The summed E-state index contributed by atoms with van der Waals surface area (Å²) in [6.07, 6.45) is 0. The molecule has 0 radical (unpaired) electrons. The molecule has 4 heteroatoms. The van der Waals surface area contributed by atoms with Crippen molar-refractivity contribution >= 4 is 5.96 Å². The van der Waals surface area contributed by atoms with Crippen LogP contribution in [0.5, 0.6) is 0 Å². The number of benzene rings is 2. The van der Waals surface area contributed by atoms with Gasteiger partial charge in [0, 0.05) is 13.1 Å². The molecule has 0 saturated heterocycles. The van der Waals surface area contributed by atoms with Gasteiger partial charge in [0.2, 0.25) is 0 Å². The monoisotopic (exact) mass is 295 g/mol. The fourth-order valence-corrected chi connectivity index (χ4v) is 2.86. The third kappa shape index (κ3) is 3.12. The average molecular weight is 295 g/mol. The molecule has 1 aliphatic rings. The summed E-state index contributed by atoms with van der Waals surface area (Å²) in [6, 6.07) is 21.1. The maximum absolute atomic E-state index is 9.05. The lowest BCUT2D eigenvalue weighted by molar-refractivity contribution is 0.295. The number of hydrogen-bond donors (Lipinski definition) is 2. The SMILES string of the molecule is OCCNC1=NCCN1C(c1ccccc1)c1ccccc1. The molecule has 2 aromatic rings. The molecule has 2 N–H and O–H groups in total. The van der Waals surface area contributed by atoms with Gasteiger partial charge in [0.15, 0.2) is 5.96 Å². The van der Waals surface area contributed by atoms with Crippen LogP contribution in [0, 0.1) is 0 Å². The Morgan fingerprint density at radius 2 is 1.59 bits per heavy atom. The van der Waals surface area contributed by atoms with Crippen molar-refractivity contribution in [2.75, 3.05) is 26.2 Å². The molecule has 0 amide bonds. The van der Waals surface area contributed by atoms with Gasteiger partial charge in [0.25, 0.3) is 0 Å². The summed E-state index contributed by atoms with van der Waals surface area (Å²) in [5, 5.41) is 12.3. The van der Waals surface area contributed by atoms with Crippen LogP contribution >= 0.6 is 0 Å². The molecule has 4 nitrogen and oxygen atoms in total. The first-order chi connectivity index (χ1) is 10.9. The number of aliphatic imine (C=N–C) groups is 1. The summed E-state index contributed by atoms with van der Waals surface area (Å²) in [7, 11) is 0. The maximum Gasteiger partial charge on any atom is 0.194 e. The lowest BCUT2D eigenvalue weighted by atomic mass is 9.97. The number of aliphatic hydroxyl groups is 1. The van der Waals surface area contributed by atoms with Crippen LogP contribution in [0.2, 0.25) is 0 Å². The third-order valence-corrected chi connectivity index (χ3v) is 3.81.